The SMILES string of the molecule is COc1ccc(C(=O)c2ccccc2NS(=O)(=O)c2c(C)n[nH]c2C)cc1. The molecule has 140 valence electrons. The van der Waals surface area contributed by atoms with E-state index in [0.29, 0.717) is 22.7 Å². The van der Waals surface area contributed by atoms with Crippen LogP contribution in [0.1, 0.15) is 27.3 Å². The number of hydrogen-bond donors (Lipinski definition) is 2. The number of para-hydroxylation sites is 1. The number of anilines is 1. The first-order chi connectivity index (χ1) is 12.8. The average Bonchev–Trinajstić information content (AvgIpc) is 3.00. The molecule has 7 nitrogen and oxygen atoms in total. The van der Waals surface area contributed by atoms with Crippen LogP contribution in [-0.2, 0) is 10.0 Å². The molecule has 0 amide bonds. The maximum atomic E-state index is 12.9. The number of carbonyl (C=O) groups is 1. The monoisotopic (exact) mass is 385 g/mol. The van der Waals surface area contributed by atoms with Crippen molar-refractivity contribution in [2.75, 3.05) is 11.8 Å². The van der Waals surface area contributed by atoms with Crippen molar-refractivity contribution in [3.8, 4) is 5.75 Å². The fraction of sp³-hybridized carbons (Fsp3) is 0.158. The fourth-order valence-electron chi connectivity index (χ4n) is 2.80. The van der Waals surface area contributed by atoms with E-state index in [4.69, 9.17) is 4.74 Å². The van der Waals surface area contributed by atoms with Crippen molar-refractivity contribution in [2.45, 2.75) is 18.7 Å². The zero-order chi connectivity index (χ0) is 19.6. The molecule has 0 spiro atoms. The number of rotatable bonds is 6. The Kier molecular flexibility index (Phi) is 5.00. The van der Waals surface area contributed by atoms with E-state index in [1.54, 1.807) is 69.5 Å². The number of aromatic nitrogens is 2. The van der Waals surface area contributed by atoms with Gasteiger partial charge in [-0.05, 0) is 50.2 Å². The van der Waals surface area contributed by atoms with Gasteiger partial charge < -0.3 is 4.74 Å². The summed E-state index contributed by atoms with van der Waals surface area (Å²) < 4.78 is 33.2. The minimum Gasteiger partial charge on any atom is -0.497 e. The molecule has 3 aromatic rings. The lowest BCUT2D eigenvalue weighted by Crippen LogP contribution is -2.17. The van der Waals surface area contributed by atoms with Crippen LogP contribution >= 0.6 is 0 Å². The van der Waals surface area contributed by atoms with Gasteiger partial charge in [-0.2, -0.15) is 5.10 Å². The number of H-pyrrole nitrogens is 1. The highest BCUT2D eigenvalue weighted by Gasteiger charge is 2.24. The highest BCUT2D eigenvalue weighted by atomic mass is 32.2. The van der Waals surface area contributed by atoms with E-state index >= 15 is 0 Å². The van der Waals surface area contributed by atoms with E-state index in [-0.39, 0.29) is 21.9 Å². The van der Waals surface area contributed by atoms with Crippen molar-refractivity contribution in [1.29, 1.82) is 0 Å². The first kappa shape index (κ1) is 18.7. The van der Waals surface area contributed by atoms with Gasteiger partial charge in [0.05, 0.1) is 24.2 Å². The summed E-state index contributed by atoms with van der Waals surface area (Å²) in [5.74, 6) is 0.336. The fourth-order valence-corrected chi connectivity index (χ4v) is 4.25. The Morgan fingerprint density at radius 2 is 1.74 bits per heavy atom. The topological polar surface area (TPSA) is 101 Å². The Hall–Kier alpha value is -3.13. The molecule has 2 N–H and O–H groups in total. The largest absolute Gasteiger partial charge is 0.497 e. The van der Waals surface area contributed by atoms with Gasteiger partial charge in [0.2, 0.25) is 0 Å². The highest BCUT2D eigenvalue weighted by Crippen LogP contribution is 2.25. The van der Waals surface area contributed by atoms with E-state index in [9.17, 15) is 13.2 Å². The molecule has 0 bridgehead atoms. The van der Waals surface area contributed by atoms with Gasteiger partial charge in [-0.15, -0.1) is 0 Å². The van der Waals surface area contributed by atoms with Crippen LogP contribution in [0, 0.1) is 13.8 Å². The molecule has 3 rings (SSSR count). The standard InChI is InChI=1S/C19H19N3O4S/c1-12-19(13(2)21-20-12)27(24,25)22-17-7-5-4-6-16(17)18(23)14-8-10-15(26-3)11-9-14/h4-11,22H,1-3H3,(H,20,21). The summed E-state index contributed by atoms with van der Waals surface area (Å²) in [4.78, 5) is 13.0. The molecule has 0 saturated carbocycles. The van der Waals surface area contributed by atoms with Gasteiger partial charge in [0, 0.05) is 11.1 Å². The maximum Gasteiger partial charge on any atom is 0.265 e. The minimum atomic E-state index is -3.90. The summed E-state index contributed by atoms with van der Waals surface area (Å²) in [6.07, 6.45) is 0. The number of ether oxygens (including phenoxy) is 1. The lowest BCUT2D eigenvalue weighted by Gasteiger charge is -2.12. The van der Waals surface area contributed by atoms with Gasteiger partial charge >= 0.3 is 0 Å². The molecule has 0 atom stereocenters. The van der Waals surface area contributed by atoms with Crippen molar-refractivity contribution in [1.82, 2.24) is 10.2 Å². The molecule has 0 radical (unpaired) electrons. The summed E-state index contributed by atoms with van der Waals surface area (Å²) in [6, 6.07) is 13.1. The molecule has 2 aromatic carbocycles. The first-order valence-electron chi connectivity index (χ1n) is 8.15. The molecule has 0 aliphatic carbocycles. The van der Waals surface area contributed by atoms with E-state index < -0.39 is 10.0 Å². The molecule has 0 aliphatic rings. The predicted molar refractivity (Wildman–Crippen MR) is 102 cm³/mol. The van der Waals surface area contributed by atoms with E-state index in [0.717, 1.165) is 0 Å². The molecule has 1 heterocycles. The van der Waals surface area contributed by atoms with Gasteiger partial charge in [-0.25, -0.2) is 8.42 Å². The van der Waals surface area contributed by atoms with Gasteiger partial charge in [-0.1, -0.05) is 12.1 Å². The summed E-state index contributed by atoms with van der Waals surface area (Å²) in [6.45, 7) is 3.23. The molecule has 0 fully saturated rings. The van der Waals surface area contributed by atoms with Crippen LogP contribution in [0.25, 0.3) is 0 Å². The van der Waals surface area contributed by atoms with E-state index in [2.05, 4.69) is 14.9 Å². The summed E-state index contributed by atoms with van der Waals surface area (Å²) in [7, 11) is -2.35. The molecule has 0 aliphatic heterocycles. The molecule has 0 saturated heterocycles. The Morgan fingerprint density at radius 3 is 2.33 bits per heavy atom. The van der Waals surface area contributed by atoms with Crippen molar-refractivity contribution in [3.05, 3.63) is 71.0 Å². The number of nitrogens with one attached hydrogen (secondary N) is 2. The van der Waals surface area contributed by atoms with Crippen molar-refractivity contribution < 1.29 is 17.9 Å². The number of benzene rings is 2. The van der Waals surface area contributed by atoms with Crippen molar-refractivity contribution in [2.24, 2.45) is 0 Å². The number of sulfonamides is 1. The average molecular weight is 385 g/mol. The Morgan fingerprint density at radius 1 is 1.07 bits per heavy atom. The van der Waals surface area contributed by atoms with Crippen LogP contribution in [0.3, 0.4) is 0 Å². The summed E-state index contributed by atoms with van der Waals surface area (Å²) in [5, 5.41) is 6.58. The highest BCUT2D eigenvalue weighted by molar-refractivity contribution is 7.92. The van der Waals surface area contributed by atoms with Crippen LogP contribution in [0.2, 0.25) is 0 Å². The van der Waals surface area contributed by atoms with E-state index in [1.807, 2.05) is 0 Å². The minimum absolute atomic E-state index is 0.0780. The number of nitrogens with zero attached hydrogens (tertiary/aromatic N) is 1. The number of aryl methyl sites for hydroxylation is 2. The second-order valence-corrected chi connectivity index (χ2v) is 7.59. The number of aromatic amines is 1. The normalized spacial score (nSPS) is 11.2. The van der Waals surface area contributed by atoms with Crippen molar-refractivity contribution in [3.63, 3.8) is 0 Å². The van der Waals surface area contributed by atoms with Crippen LogP contribution in [0.5, 0.6) is 5.75 Å². The molecule has 8 heteroatoms. The van der Waals surface area contributed by atoms with E-state index in [1.165, 1.54) is 0 Å². The zero-order valence-corrected chi connectivity index (χ0v) is 15.9. The zero-order valence-electron chi connectivity index (χ0n) is 15.1. The van der Waals surface area contributed by atoms with Crippen LogP contribution in [0.4, 0.5) is 5.69 Å². The number of ketones is 1. The molecule has 27 heavy (non-hydrogen) atoms. The third-order valence-electron chi connectivity index (χ3n) is 4.10. The second kappa shape index (κ2) is 7.24. The number of carbonyl (C=O) groups excluding carboxylic acids is 1. The molecular weight excluding hydrogens is 366 g/mol. The first-order valence-corrected chi connectivity index (χ1v) is 9.64. The lowest BCUT2D eigenvalue weighted by atomic mass is 10.0. The lowest BCUT2D eigenvalue weighted by molar-refractivity contribution is 0.103. The smallest absolute Gasteiger partial charge is 0.265 e. The van der Waals surface area contributed by atoms with Crippen LogP contribution in [0.15, 0.2) is 53.4 Å². The van der Waals surface area contributed by atoms with Gasteiger partial charge in [0.15, 0.2) is 5.78 Å². The summed E-state index contributed by atoms with van der Waals surface area (Å²) >= 11 is 0. The van der Waals surface area contributed by atoms with Gasteiger partial charge in [0.25, 0.3) is 10.0 Å². The number of hydrogen-bond acceptors (Lipinski definition) is 5. The van der Waals surface area contributed by atoms with Gasteiger partial charge in [-0.3, -0.25) is 14.6 Å². The molecule has 1 aromatic heterocycles. The van der Waals surface area contributed by atoms with Gasteiger partial charge in [0.1, 0.15) is 10.6 Å². The quantitative estimate of drug-likeness (QED) is 0.635. The predicted octanol–water partition coefficient (Wildman–Crippen LogP) is 3.07. The van der Waals surface area contributed by atoms with Crippen LogP contribution < -0.4 is 9.46 Å². The number of methoxy groups -OCH3 is 1. The third kappa shape index (κ3) is 3.70. The second-order valence-electron chi connectivity index (χ2n) is 5.97. The third-order valence-corrected chi connectivity index (χ3v) is 5.73. The Labute approximate surface area is 157 Å². The Balaban J connectivity index is 1.98. The van der Waals surface area contributed by atoms with Crippen molar-refractivity contribution >= 4 is 21.5 Å². The molecule has 0 unspecified atom stereocenters. The maximum absolute atomic E-state index is 12.9. The Bertz CT molecular complexity index is 1070. The van der Waals surface area contributed by atoms with Crippen LogP contribution in [-0.4, -0.2) is 31.5 Å². The molecular formula is C19H19N3O4S. The summed E-state index contributed by atoms with van der Waals surface area (Å²) in [5.41, 5.74) is 1.68.